The van der Waals surface area contributed by atoms with E-state index in [1.807, 2.05) is 37.4 Å². The monoisotopic (exact) mass is 473 g/mol. The van der Waals surface area contributed by atoms with Gasteiger partial charge in [0.15, 0.2) is 0 Å². The van der Waals surface area contributed by atoms with Crippen LogP contribution in [0.25, 0.3) is 22.1 Å². The summed E-state index contributed by atoms with van der Waals surface area (Å²) in [5.74, 6) is 0.755. The van der Waals surface area contributed by atoms with E-state index in [1.54, 1.807) is 19.2 Å². The van der Waals surface area contributed by atoms with Gasteiger partial charge in [-0.15, -0.1) is 11.3 Å². The minimum Gasteiger partial charge on any atom is -0.507 e. The Morgan fingerprint density at radius 1 is 1.18 bits per heavy atom. The zero-order valence-corrected chi connectivity index (χ0v) is 20.4. The van der Waals surface area contributed by atoms with Crippen molar-refractivity contribution in [2.45, 2.75) is 46.5 Å². The standard InChI is InChI=1S/C28H27NO4S/c1-4-32-28(31)26-21(18-10-9-16(2)13-17(18)3)15-34-27(26)29-14-20-22(30)11-12-24-25(20)19-7-5-6-8-23(19)33-24/h9-15,30H,4-8H2,1-3H3/b29-14-. The molecule has 0 fully saturated rings. The summed E-state index contributed by atoms with van der Waals surface area (Å²) >= 11 is 1.40. The summed E-state index contributed by atoms with van der Waals surface area (Å²) in [7, 11) is 0. The Balaban J connectivity index is 1.63. The van der Waals surface area contributed by atoms with E-state index < -0.39 is 5.97 Å². The quantitative estimate of drug-likeness (QED) is 0.244. The summed E-state index contributed by atoms with van der Waals surface area (Å²) in [5.41, 5.74) is 7.06. The molecule has 0 saturated carbocycles. The number of hydrogen-bond donors (Lipinski definition) is 1. The van der Waals surface area contributed by atoms with E-state index in [4.69, 9.17) is 14.1 Å². The van der Waals surface area contributed by atoms with Gasteiger partial charge in [0, 0.05) is 40.1 Å². The molecular formula is C28H27NO4S. The van der Waals surface area contributed by atoms with Crippen LogP contribution in [-0.4, -0.2) is 23.9 Å². The maximum absolute atomic E-state index is 13.0. The second-order valence-electron chi connectivity index (χ2n) is 8.71. The van der Waals surface area contributed by atoms with Crippen LogP contribution in [0.4, 0.5) is 5.00 Å². The molecule has 1 aliphatic carbocycles. The molecule has 0 bridgehead atoms. The summed E-state index contributed by atoms with van der Waals surface area (Å²) in [6, 6.07) is 9.63. The summed E-state index contributed by atoms with van der Waals surface area (Å²) in [4.78, 5) is 17.7. The molecule has 1 aliphatic rings. The largest absolute Gasteiger partial charge is 0.507 e. The van der Waals surface area contributed by atoms with Gasteiger partial charge in [-0.05, 0) is 63.3 Å². The number of thiophene rings is 1. The number of carbonyl (C=O) groups is 1. The van der Waals surface area contributed by atoms with Crippen LogP contribution in [0.3, 0.4) is 0 Å². The van der Waals surface area contributed by atoms with Crippen LogP contribution < -0.4 is 0 Å². The number of nitrogens with zero attached hydrogens (tertiary/aromatic N) is 1. The van der Waals surface area contributed by atoms with Crippen LogP contribution in [0.15, 0.2) is 45.1 Å². The van der Waals surface area contributed by atoms with Gasteiger partial charge in [-0.3, -0.25) is 0 Å². The molecule has 174 valence electrons. The number of aliphatic imine (C=N–C) groups is 1. The topological polar surface area (TPSA) is 72.0 Å². The molecular weight excluding hydrogens is 446 g/mol. The molecule has 0 saturated heterocycles. The summed E-state index contributed by atoms with van der Waals surface area (Å²) < 4.78 is 11.5. The van der Waals surface area contributed by atoms with E-state index in [0.29, 0.717) is 16.1 Å². The Morgan fingerprint density at radius 2 is 2.00 bits per heavy atom. The maximum atomic E-state index is 13.0. The average Bonchev–Trinajstić information content (AvgIpc) is 3.40. The molecule has 4 aromatic rings. The predicted octanol–water partition coefficient (Wildman–Crippen LogP) is 7.29. The van der Waals surface area contributed by atoms with Crippen molar-refractivity contribution < 1.29 is 19.1 Å². The van der Waals surface area contributed by atoms with Crippen molar-refractivity contribution in [3.63, 3.8) is 0 Å². The fraction of sp³-hybridized carbons (Fsp3) is 0.286. The van der Waals surface area contributed by atoms with Crippen molar-refractivity contribution >= 4 is 39.5 Å². The smallest absolute Gasteiger partial charge is 0.341 e. The molecule has 1 N–H and O–H groups in total. The summed E-state index contributed by atoms with van der Waals surface area (Å²) in [6.07, 6.45) is 5.71. The van der Waals surface area contributed by atoms with Gasteiger partial charge in [0.05, 0.1) is 6.61 Å². The molecule has 34 heavy (non-hydrogen) atoms. The zero-order chi connectivity index (χ0) is 23.8. The number of fused-ring (bicyclic) bond motifs is 3. The van der Waals surface area contributed by atoms with Crippen molar-refractivity contribution in [3.05, 3.63) is 69.3 Å². The van der Waals surface area contributed by atoms with Crippen molar-refractivity contribution in [2.75, 3.05) is 6.61 Å². The number of aromatic hydroxyl groups is 1. The Morgan fingerprint density at radius 3 is 2.79 bits per heavy atom. The normalized spacial score (nSPS) is 13.5. The van der Waals surface area contributed by atoms with E-state index in [0.717, 1.165) is 64.7 Å². The lowest BCUT2D eigenvalue weighted by Gasteiger charge is -2.10. The summed E-state index contributed by atoms with van der Waals surface area (Å²) in [5, 5.41) is 14.1. The molecule has 0 radical (unpaired) electrons. The number of furan rings is 1. The highest BCUT2D eigenvalue weighted by Crippen LogP contribution is 2.41. The van der Waals surface area contributed by atoms with Crippen LogP contribution >= 0.6 is 11.3 Å². The summed E-state index contributed by atoms with van der Waals surface area (Å²) in [6.45, 7) is 6.17. The van der Waals surface area contributed by atoms with Gasteiger partial charge in [0.2, 0.25) is 0 Å². The van der Waals surface area contributed by atoms with Crippen molar-refractivity contribution in [2.24, 2.45) is 4.99 Å². The van der Waals surface area contributed by atoms with Crippen LogP contribution in [-0.2, 0) is 17.6 Å². The lowest BCUT2D eigenvalue weighted by Crippen LogP contribution is -2.05. The molecule has 2 aromatic heterocycles. The molecule has 0 atom stereocenters. The van der Waals surface area contributed by atoms with Gasteiger partial charge < -0.3 is 14.3 Å². The number of benzene rings is 2. The van der Waals surface area contributed by atoms with E-state index in [-0.39, 0.29) is 12.4 Å². The molecule has 0 spiro atoms. The highest BCUT2D eigenvalue weighted by atomic mass is 32.1. The predicted molar refractivity (Wildman–Crippen MR) is 137 cm³/mol. The van der Waals surface area contributed by atoms with E-state index >= 15 is 0 Å². The molecule has 5 rings (SSSR count). The number of esters is 1. The molecule has 2 aromatic carbocycles. The van der Waals surface area contributed by atoms with Gasteiger partial charge in [-0.2, -0.15) is 0 Å². The van der Waals surface area contributed by atoms with Gasteiger partial charge in [0.1, 0.15) is 27.7 Å². The fourth-order valence-corrected chi connectivity index (χ4v) is 5.68. The first-order valence-electron chi connectivity index (χ1n) is 11.6. The van der Waals surface area contributed by atoms with Crippen molar-refractivity contribution in [3.8, 4) is 16.9 Å². The number of phenolic OH excluding ortho intramolecular Hbond substituents is 1. The maximum Gasteiger partial charge on any atom is 0.341 e. The van der Waals surface area contributed by atoms with Gasteiger partial charge in [-0.1, -0.05) is 23.8 Å². The molecule has 0 amide bonds. The first-order chi connectivity index (χ1) is 16.5. The third-order valence-corrected chi connectivity index (χ3v) is 7.26. The average molecular weight is 474 g/mol. The number of rotatable bonds is 5. The van der Waals surface area contributed by atoms with Crippen LogP contribution in [0, 0.1) is 13.8 Å². The highest BCUT2D eigenvalue weighted by Gasteiger charge is 2.24. The minimum absolute atomic E-state index is 0.147. The Bertz CT molecular complexity index is 1430. The van der Waals surface area contributed by atoms with Crippen molar-refractivity contribution in [1.82, 2.24) is 0 Å². The van der Waals surface area contributed by atoms with Crippen molar-refractivity contribution in [1.29, 1.82) is 0 Å². The van der Waals surface area contributed by atoms with E-state index in [2.05, 4.69) is 6.07 Å². The molecule has 5 nitrogen and oxygen atoms in total. The highest BCUT2D eigenvalue weighted by molar-refractivity contribution is 7.14. The van der Waals surface area contributed by atoms with Crippen LogP contribution in [0.1, 0.15) is 58.1 Å². The van der Waals surface area contributed by atoms with Crippen LogP contribution in [0.5, 0.6) is 5.75 Å². The lowest BCUT2D eigenvalue weighted by atomic mass is 9.94. The molecule has 0 aliphatic heterocycles. The van der Waals surface area contributed by atoms with E-state index in [1.165, 1.54) is 16.9 Å². The number of ether oxygens (including phenoxy) is 1. The third-order valence-electron chi connectivity index (χ3n) is 6.37. The second kappa shape index (κ2) is 9.11. The number of hydrogen-bond acceptors (Lipinski definition) is 6. The Hall–Kier alpha value is -3.38. The van der Waals surface area contributed by atoms with Crippen LogP contribution in [0.2, 0.25) is 0 Å². The first-order valence-corrected chi connectivity index (χ1v) is 12.5. The SMILES string of the molecule is CCOC(=O)c1c(-c2ccc(C)cc2C)csc1/N=C\c1c(O)ccc2oc3c(c12)CCCC3. The first kappa shape index (κ1) is 22.4. The second-order valence-corrected chi connectivity index (χ2v) is 9.57. The lowest BCUT2D eigenvalue weighted by molar-refractivity contribution is 0.0529. The minimum atomic E-state index is -0.394. The number of carbonyl (C=O) groups excluding carboxylic acids is 1. The molecule has 0 unspecified atom stereocenters. The number of aryl methyl sites for hydroxylation is 4. The molecule has 6 heteroatoms. The molecule has 2 heterocycles. The zero-order valence-electron chi connectivity index (χ0n) is 19.6. The van der Waals surface area contributed by atoms with Gasteiger partial charge in [0.25, 0.3) is 0 Å². The van der Waals surface area contributed by atoms with Gasteiger partial charge >= 0.3 is 5.97 Å². The third kappa shape index (κ3) is 3.92. The van der Waals surface area contributed by atoms with Gasteiger partial charge in [-0.25, -0.2) is 9.79 Å². The Kier molecular flexibility index (Phi) is 6.00. The fourth-order valence-electron chi connectivity index (χ4n) is 4.78. The number of phenols is 1. The van der Waals surface area contributed by atoms with E-state index in [9.17, 15) is 9.90 Å². The Labute approximate surface area is 202 Å².